The average Bonchev–Trinajstić information content (AvgIpc) is 2.99. The molecule has 0 atom stereocenters. The molecule has 0 radical (unpaired) electrons. The number of aromatic hydroxyl groups is 1. The molecule has 5 amide bonds. The van der Waals surface area contributed by atoms with Gasteiger partial charge < -0.3 is 32.9 Å². The maximum Gasteiger partial charge on any atom is 0.252 e. The van der Waals surface area contributed by atoms with E-state index >= 15 is 0 Å². The molecule has 4 aromatic carbocycles. The van der Waals surface area contributed by atoms with Crippen molar-refractivity contribution in [2.75, 3.05) is 10.6 Å². The predicted molar refractivity (Wildman–Crippen MR) is 173 cm³/mol. The fourth-order valence-electron chi connectivity index (χ4n) is 2.96. The lowest BCUT2D eigenvalue weighted by molar-refractivity contribution is -0.124. The maximum atomic E-state index is 11.1. The van der Waals surface area contributed by atoms with Gasteiger partial charge in [-0.2, -0.15) is 0 Å². The van der Waals surface area contributed by atoms with E-state index in [4.69, 9.17) is 21.4 Å². The van der Waals surface area contributed by atoms with Gasteiger partial charge in [-0.3, -0.25) is 28.8 Å². The summed E-state index contributed by atoms with van der Waals surface area (Å²) in [5.41, 5.74) is 16.3. The second-order valence-electron chi connectivity index (χ2n) is 8.59. The van der Waals surface area contributed by atoms with Gasteiger partial charge in [0.15, 0.2) is 0 Å². The molecule has 9 N–H and O–H groups in total. The third kappa shape index (κ3) is 20.3. The Hall–Kier alpha value is -6.30. The second kappa shape index (κ2) is 23.3. The Morgan fingerprint density at radius 3 is 1.38 bits per heavy atom. The van der Waals surface area contributed by atoms with Crippen LogP contribution in [0.4, 0.5) is 11.4 Å². The molecular formula is C33H37N5O7. The highest BCUT2D eigenvalue weighted by atomic mass is 16.3. The highest BCUT2D eigenvalue weighted by Crippen LogP contribution is 2.13. The number of hydrogen-bond acceptors (Lipinski definition) is 7. The molecule has 0 aliphatic heterocycles. The SMILES string of the molecule is CC(=O)CC(=O)Nc1ccccc1.CC(=O)Nc1ccccc1.NC(=O)c1ccccc1.NC(=O)c1ccccc1O.NC=O. The van der Waals surface area contributed by atoms with Crippen LogP contribution < -0.4 is 27.8 Å². The average molecular weight is 616 g/mol. The van der Waals surface area contributed by atoms with E-state index in [1.54, 1.807) is 48.5 Å². The lowest BCUT2D eigenvalue weighted by Crippen LogP contribution is -2.14. The zero-order valence-electron chi connectivity index (χ0n) is 24.9. The van der Waals surface area contributed by atoms with Crippen LogP contribution in [0.5, 0.6) is 5.75 Å². The zero-order valence-corrected chi connectivity index (χ0v) is 24.9. The van der Waals surface area contributed by atoms with Crippen molar-refractivity contribution in [1.82, 2.24) is 0 Å². The third-order valence-electron chi connectivity index (χ3n) is 4.79. The highest BCUT2D eigenvalue weighted by molar-refractivity contribution is 6.03. The van der Waals surface area contributed by atoms with Gasteiger partial charge in [-0.15, -0.1) is 0 Å². The Bertz CT molecular complexity index is 1480. The Morgan fingerprint density at radius 2 is 1.04 bits per heavy atom. The number of rotatable bonds is 6. The fourth-order valence-corrected chi connectivity index (χ4v) is 2.96. The van der Waals surface area contributed by atoms with Crippen LogP contribution in [0.1, 0.15) is 41.0 Å². The first-order valence-corrected chi connectivity index (χ1v) is 13.2. The van der Waals surface area contributed by atoms with Gasteiger partial charge in [0.25, 0.3) is 5.91 Å². The molecule has 0 saturated heterocycles. The van der Waals surface area contributed by atoms with Crippen molar-refractivity contribution >= 4 is 47.2 Å². The molecule has 0 saturated carbocycles. The van der Waals surface area contributed by atoms with E-state index in [1.807, 2.05) is 54.6 Å². The number of nitrogens with one attached hydrogen (secondary N) is 2. The normalized spacial score (nSPS) is 8.76. The quantitative estimate of drug-likeness (QED) is 0.139. The summed E-state index contributed by atoms with van der Waals surface area (Å²) >= 11 is 0. The van der Waals surface area contributed by atoms with Gasteiger partial charge in [0, 0.05) is 23.9 Å². The lowest BCUT2D eigenvalue weighted by Gasteiger charge is -2.01. The van der Waals surface area contributed by atoms with Gasteiger partial charge in [0.05, 0.1) is 12.0 Å². The molecule has 0 bridgehead atoms. The summed E-state index contributed by atoms with van der Waals surface area (Å²) in [7, 11) is 0. The van der Waals surface area contributed by atoms with Crippen LogP contribution in [0.2, 0.25) is 0 Å². The van der Waals surface area contributed by atoms with Gasteiger partial charge >= 0.3 is 0 Å². The van der Waals surface area contributed by atoms with Gasteiger partial charge in [-0.05, 0) is 55.5 Å². The smallest absolute Gasteiger partial charge is 0.252 e. The van der Waals surface area contributed by atoms with Crippen molar-refractivity contribution in [3.8, 4) is 5.75 Å². The van der Waals surface area contributed by atoms with E-state index < -0.39 is 5.91 Å². The first kappa shape index (κ1) is 38.7. The molecule has 0 fully saturated rings. The number of benzene rings is 4. The summed E-state index contributed by atoms with van der Waals surface area (Å²) in [5, 5.41) is 14.3. The van der Waals surface area contributed by atoms with E-state index in [2.05, 4.69) is 16.4 Å². The van der Waals surface area contributed by atoms with Crippen LogP contribution in [0.25, 0.3) is 0 Å². The first-order valence-electron chi connectivity index (χ1n) is 13.2. The van der Waals surface area contributed by atoms with Gasteiger partial charge in [0.1, 0.15) is 11.5 Å². The minimum absolute atomic E-state index is 0.0359. The monoisotopic (exact) mass is 615 g/mol. The molecule has 0 spiro atoms. The van der Waals surface area contributed by atoms with Crippen LogP contribution >= 0.6 is 0 Å². The van der Waals surface area contributed by atoms with Crippen LogP contribution in [0.15, 0.2) is 115 Å². The largest absolute Gasteiger partial charge is 0.507 e. The summed E-state index contributed by atoms with van der Waals surface area (Å²) in [6.45, 7) is 2.89. The summed E-state index contributed by atoms with van der Waals surface area (Å²) in [4.78, 5) is 61.7. The molecule has 45 heavy (non-hydrogen) atoms. The lowest BCUT2D eigenvalue weighted by atomic mass is 10.2. The van der Waals surface area contributed by atoms with Crippen LogP contribution in [-0.4, -0.2) is 40.9 Å². The van der Waals surface area contributed by atoms with E-state index in [1.165, 1.54) is 26.0 Å². The number of ketones is 1. The number of amides is 5. The number of primary amides is 3. The minimum atomic E-state index is -0.613. The number of para-hydroxylation sites is 3. The van der Waals surface area contributed by atoms with E-state index in [0.29, 0.717) is 11.3 Å². The molecule has 0 aromatic heterocycles. The van der Waals surface area contributed by atoms with Crippen molar-refractivity contribution in [1.29, 1.82) is 0 Å². The molecule has 0 unspecified atom stereocenters. The molecule has 0 heterocycles. The van der Waals surface area contributed by atoms with Crippen LogP contribution in [0, 0.1) is 0 Å². The van der Waals surface area contributed by atoms with Crippen LogP contribution in [-0.2, 0) is 19.2 Å². The molecule has 0 aliphatic carbocycles. The molecule has 4 aromatic rings. The summed E-state index contributed by atoms with van der Waals surface area (Å²) < 4.78 is 0. The van der Waals surface area contributed by atoms with Crippen molar-refractivity contribution in [3.63, 3.8) is 0 Å². The van der Waals surface area contributed by atoms with Crippen molar-refractivity contribution in [3.05, 3.63) is 126 Å². The van der Waals surface area contributed by atoms with E-state index in [0.717, 1.165) is 5.69 Å². The number of phenols is 1. The first-order chi connectivity index (χ1) is 21.4. The predicted octanol–water partition coefficient (Wildman–Crippen LogP) is 3.63. The van der Waals surface area contributed by atoms with Crippen molar-refractivity contribution in [2.45, 2.75) is 20.3 Å². The number of nitrogens with two attached hydrogens (primary N) is 3. The molecule has 4 rings (SSSR count). The molecule has 0 aliphatic rings. The Kier molecular flexibility index (Phi) is 20.0. The maximum absolute atomic E-state index is 11.1. The number of anilines is 2. The van der Waals surface area contributed by atoms with Crippen molar-refractivity contribution < 1.29 is 33.9 Å². The zero-order chi connectivity index (χ0) is 34.0. The second-order valence-corrected chi connectivity index (χ2v) is 8.59. The topological polar surface area (TPSA) is 225 Å². The summed E-state index contributed by atoms with van der Waals surface area (Å²) in [5.74, 6) is -1.50. The molecule has 236 valence electrons. The minimum Gasteiger partial charge on any atom is -0.507 e. The highest BCUT2D eigenvalue weighted by Gasteiger charge is 2.04. The molecule has 12 nitrogen and oxygen atoms in total. The van der Waals surface area contributed by atoms with E-state index in [-0.39, 0.29) is 47.6 Å². The van der Waals surface area contributed by atoms with Crippen LogP contribution in [0.3, 0.4) is 0 Å². The molecular weight excluding hydrogens is 578 g/mol. The third-order valence-corrected chi connectivity index (χ3v) is 4.79. The fraction of sp³-hybridized carbons (Fsp3) is 0.0909. The number of hydrogen-bond donors (Lipinski definition) is 6. The molecule has 12 heteroatoms. The van der Waals surface area contributed by atoms with Crippen molar-refractivity contribution in [2.24, 2.45) is 17.2 Å². The Balaban J connectivity index is 0.000000561. The standard InChI is InChI=1S/C10H11NO2.C8H9NO.C7H7NO2.C7H7NO.CH3NO/c1-8(12)7-10(13)11-9-5-3-2-4-6-9;1-7(10)9-8-5-3-2-4-6-8;8-7(10)5-3-1-2-4-6(5)9;8-7(9)6-4-2-1-3-5-6;2-1-3/h2-6H,7H2,1H3,(H,11,13);2-6H,1H3,(H,9,10);1-4,9H,(H2,8,10);1-5H,(H2,8,9);1H,(H2,2,3). The van der Waals surface area contributed by atoms with E-state index in [9.17, 15) is 24.0 Å². The number of Topliss-reactive ketones (excluding diaryl/α,β-unsaturated/α-hetero) is 1. The Labute approximate surface area is 261 Å². The number of carbonyl (C=O) groups excluding carboxylic acids is 6. The van der Waals surface area contributed by atoms with Gasteiger partial charge in [0.2, 0.25) is 24.1 Å². The Morgan fingerprint density at radius 1 is 0.644 bits per heavy atom. The number of carbonyl (C=O) groups is 6. The van der Waals surface area contributed by atoms with Gasteiger partial charge in [-0.1, -0.05) is 66.7 Å². The van der Waals surface area contributed by atoms with Gasteiger partial charge in [-0.25, -0.2) is 0 Å². The summed E-state index contributed by atoms with van der Waals surface area (Å²) in [6, 6.07) is 33.3. The summed E-state index contributed by atoms with van der Waals surface area (Å²) in [6.07, 6.45) is 0.189.